The second-order valence-electron chi connectivity index (χ2n) is 9.00. The summed E-state index contributed by atoms with van der Waals surface area (Å²) in [5.41, 5.74) is 5.95. The average Bonchev–Trinajstić information content (AvgIpc) is 3.21. The summed E-state index contributed by atoms with van der Waals surface area (Å²) in [6.45, 7) is 6.63. The number of piperazine rings is 2. The molecule has 8 heteroatoms. The Morgan fingerprint density at radius 3 is 2.57 bits per heavy atom. The topological polar surface area (TPSA) is 99.9 Å². The molecule has 0 aromatic rings. The Bertz CT molecular complexity index is 588. The third kappa shape index (κ3) is 3.79. The second-order valence-corrected chi connectivity index (χ2v) is 9.00. The maximum Gasteiger partial charge on any atom is 0.252 e. The van der Waals surface area contributed by atoms with Gasteiger partial charge in [-0.25, -0.2) is 0 Å². The van der Waals surface area contributed by atoms with Gasteiger partial charge in [-0.05, 0) is 44.9 Å². The Morgan fingerprint density at radius 2 is 1.93 bits per heavy atom. The van der Waals surface area contributed by atoms with Crippen LogP contribution in [0.2, 0.25) is 0 Å². The summed E-state index contributed by atoms with van der Waals surface area (Å²) in [5.74, 6) is 0.719. The van der Waals surface area contributed by atoms with Crippen LogP contribution >= 0.6 is 0 Å². The summed E-state index contributed by atoms with van der Waals surface area (Å²) in [5, 5.41) is 6.94. The Morgan fingerprint density at radius 1 is 1.11 bits per heavy atom. The van der Waals surface area contributed by atoms with E-state index in [0.29, 0.717) is 25.1 Å². The normalized spacial score (nSPS) is 41.6. The molecule has 4 N–H and O–H groups in total. The zero-order chi connectivity index (χ0) is 19.8. The van der Waals surface area contributed by atoms with Gasteiger partial charge in [-0.15, -0.1) is 0 Å². The highest BCUT2D eigenvalue weighted by Crippen LogP contribution is 2.38. The lowest BCUT2D eigenvalue weighted by molar-refractivity contribution is -0.160. The molecule has 2 amide bonds. The van der Waals surface area contributed by atoms with Crippen LogP contribution in [0.5, 0.6) is 0 Å². The molecular weight excluding hydrogens is 358 g/mol. The number of fused-ring (bicyclic) bond motifs is 1. The van der Waals surface area contributed by atoms with Gasteiger partial charge in [0.2, 0.25) is 5.91 Å². The van der Waals surface area contributed by atoms with Crippen LogP contribution < -0.4 is 16.4 Å². The number of nitrogens with zero attached hydrogens (tertiary/aromatic N) is 2. The maximum atomic E-state index is 13.3. The minimum absolute atomic E-state index is 0.00825. The standard InChI is InChI=1S/C20H35N5O3/c1-12-11-24(20(27)18-4-3-7-28-18)17-8-14(15-9-23-19(21)10-22-15)5-6-16(17)25(12)13(2)26/h12,14-19,22-23H,3-11,21H2,1-2H3/t12-,14?,15?,16?,17?,18?,19?/m0/s1. The van der Waals surface area contributed by atoms with Crippen LogP contribution in [-0.2, 0) is 14.3 Å². The molecule has 3 saturated heterocycles. The molecule has 4 fully saturated rings. The molecule has 0 radical (unpaired) electrons. The van der Waals surface area contributed by atoms with E-state index < -0.39 is 0 Å². The van der Waals surface area contributed by atoms with Crippen molar-refractivity contribution in [3.8, 4) is 0 Å². The van der Waals surface area contributed by atoms with Crippen LogP contribution in [0.4, 0.5) is 0 Å². The van der Waals surface area contributed by atoms with Crippen LogP contribution in [0.1, 0.15) is 46.0 Å². The number of hydrogen-bond donors (Lipinski definition) is 3. The van der Waals surface area contributed by atoms with Crippen molar-refractivity contribution < 1.29 is 14.3 Å². The molecule has 1 saturated carbocycles. The highest BCUT2D eigenvalue weighted by molar-refractivity contribution is 5.82. The van der Waals surface area contributed by atoms with Crippen molar-refractivity contribution in [1.29, 1.82) is 0 Å². The quantitative estimate of drug-likeness (QED) is 0.592. The maximum absolute atomic E-state index is 13.3. The SMILES string of the molecule is CC(=O)N1C2CCC(C3CNC(N)CN3)CC2N(C(=O)C2CCCO2)C[C@@H]1C. The van der Waals surface area contributed by atoms with Gasteiger partial charge in [0.15, 0.2) is 0 Å². The van der Waals surface area contributed by atoms with Crippen molar-refractivity contribution in [1.82, 2.24) is 20.4 Å². The highest BCUT2D eigenvalue weighted by Gasteiger charge is 2.48. The van der Waals surface area contributed by atoms with Gasteiger partial charge in [0.05, 0.1) is 18.2 Å². The molecule has 8 nitrogen and oxygen atoms in total. The van der Waals surface area contributed by atoms with Crippen molar-refractivity contribution in [3.63, 3.8) is 0 Å². The molecule has 0 spiro atoms. The predicted molar refractivity (Wildman–Crippen MR) is 105 cm³/mol. The molecule has 4 rings (SSSR count). The van der Waals surface area contributed by atoms with Crippen molar-refractivity contribution in [2.45, 2.75) is 82.4 Å². The van der Waals surface area contributed by atoms with E-state index in [9.17, 15) is 9.59 Å². The second kappa shape index (κ2) is 8.26. The fourth-order valence-electron chi connectivity index (χ4n) is 5.81. The molecule has 7 atom stereocenters. The van der Waals surface area contributed by atoms with Gasteiger partial charge in [-0.3, -0.25) is 14.9 Å². The van der Waals surface area contributed by atoms with Crippen LogP contribution in [0, 0.1) is 5.92 Å². The fourth-order valence-corrected chi connectivity index (χ4v) is 5.81. The minimum atomic E-state index is -0.301. The molecule has 28 heavy (non-hydrogen) atoms. The van der Waals surface area contributed by atoms with Gasteiger partial charge in [-0.2, -0.15) is 0 Å². The van der Waals surface area contributed by atoms with E-state index in [1.807, 2.05) is 4.90 Å². The molecule has 3 aliphatic heterocycles. The molecule has 0 aromatic heterocycles. The lowest BCUT2D eigenvalue weighted by Crippen LogP contribution is -2.69. The van der Waals surface area contributed by atoms with Gasteiger partial charge in [0.25, 0.3) is 5.91 Å². The summed E-state index contributed by atoms with van der Waals surface area (Å²) in [7, 11) is 0. The number of ether oxygens (including phenoxy) is 1. The molecular formula is C20H35N5O3. The lowest BCUT2D eigenvalue weighted by Gasteiger charge is -2.55. The first-order valence-corrected chi connectivity index (χ1v) is 10.9. The van der Waals surface area contributed by atoms with Crippen LogP contribution in [0.15, 0.2) is 0 Å². The smallest absolute Gasteiger partial charge is 0.252 e. The number of carbonyl (C=O) groups excluding carboxylic acids is 2. The van der Waals surface area contributed by atoms with Gasteiger partial charge in [-0.1, -0.05) is 0 Å². The summed E-state index contributed by atoms with van der Waals surface area (Å²) in [4.78, 5) is 29.7. The third-order valence-electron chi connectivity index (χ3n) is 7.14. The Labute approximate surface area is 167 Å². The largest absolute Gasteiger partial charge is 0.368 e. The average molecular weight is 394 g/mol. The molecule has 158 valence electrons. The number of rotatable bonds is 2. The van der Waals surface area contributed by atoms with Gasteiger partial charge in [0.1, 0.15) is 6.10 Å². The number of carbonyl (C=O) groups is 2. The van der Waals surface area contributed by atoms with E-state index in [1.54, 1.807) is 6.92 Å². The molecule has 3 heterocycles. The van der Waals surface area contributed by atoms with Crippen molar-refractivity contribution >= 4 is 11.8 Å². The van der Waals surface area contributed by atoms with Crippen LogP contribution in [0.25, 0.3) is 0 Å². The van der Waals surface area contributed by atoms with Crippen molar-refractivity contribution in [3.05, 3.63) is 0 Å². The zero-order valence-electron chi connectivity index (χ0n) is 17.1. The molecule has 6 unspecified atom stereocenters. The Kier molecular flexibility index (Phi) is 5.92. The number of nitrogens with one attached hydrogen (secondary N) is 2. The molecule has 4 aliphatic rings. The summed E-state index contributed by atoms with van der Waals surface area (Å²) >= 11 is 0. The fraction of sp³-hybridized carbons (Fsp3) is 0.900. The first kappa shape index (κ1) is 20.1. The van der Waals surface area contributed by atoms with Crippen molar-refractivity contribution in [2.24, 2.45) is 11.7 Å². The molecule has 0 aromatic carbocycles. The van der Waals surface area contributed by atoms with E-state index >= 15 is 0 Å². The molecule has 0 bridgehead atoms. The van der Waals surface area contributed by atoms with Gasteiger partial charge >= 0.3 is 0 Å². The predicted octanol–water partition coefficient (Wildman–Crippen LogP) is -0.372. The number of nitrogens with two attached hydrogens (primary N) is 1. The first-order chi connectivity index (χ1) is 13.5. The zero-order valence-corrected chi connectivity index (χ0v) is 17.1. The van der Waals surface area contributed by atoms with E-state index in [2.05, 4.69) is 22.5 Å². The lowest BCUT2D eigenvalue weighted by atomic mass is 9.75. The number of amides is 2. The number of hydrogen-bond acceptors (Lipinski definition) is 6. The Balaban J connectivity index is 1.53. The van der Waals surface area contributed by atoms with Gasteiger partial charge in [0, 0.05) is 45.2 Å². The summed E-state index contributed by atoms with van der Waals surface area (Å²) in [6.07, 6.45) is 4.40. The van der Waals surface area contributed by atoms with Gasteiger partial charge < -0.3 is 25.6 Å². The first-order valence-electron chi connectivity index (χ1n) is 10.9. The van der Waals surface area contributed by atoms with Crippen molar-refractivity contribution in [2.75, 3.05) is 26.2 Å². The van der Waals surface area contributed by atoms with E-state index in [0.717, 1.165) is 45.2 Å². The molecule has 1 aliphatic carbocycles. The highest BCUT2D eigenvalue weighted by atomic mass is 16.5. The van der Waals surface area contributed by atoms with E-state index in [4.69, 9.17) is 10.5 Å². The van der Waals surface area contributed by atoms with Crippen LogP contribution in [-0.4, -0.2) is 84.3 Å². The summed E-state index contributed by atoms with van der Waals surface area (Å²) in [6, 6.07) is 0.605. The van der Waals surface area contributed by atoms with E-state index in [1.165, 1.54) is 0 Å². The Hall–Kier alpha value is -1.22. The third-order valence-corrected chi connectivity index (χ3v) is 7.14. The van der Waals surface area contributed by atoms with Crippen LogP contribution in [0.3, 0.4) is 0 Å². The monoisotopic (exact) mass is 393 g/mol. The van der Waals surface area contributed by atoms with E-state index in [-0.39, 0.29) is 42.2 Å². The minimum Gasteiger partial charge on any atom is -0.368 e. The summed E-state index contributed by atoms with van der Waals surface area (Å²) < 4.78 is 5.70.